The van der Waals surface area contributed by atoms with Crippen LogP contribution < -0.4 is 0 Å². The van der Waals surface area contributed by atoms with E-state index < -0.39 is 0 Å². The molecule has 0 heterocycles. The second kappa shape index (κ2) is 6.72. The zero-order chi connectivity index (χ0) is 12.8. The van der Waals surface area contributed by atoms with E-state index >= 15 is 0 Å². The third-order valence-electron chi connectivity index (χ3n) is 3.99. The number of rotatable bonds is 8. The molecule has 0 saturated carbocycles. The molecule has 2 rings (SSSR count). The Bertz CT molecular complexity index is 394. The van der Waals surface area contributed by atoms with Gasteiger partial charge in [0.25, 0.3) is 0 Å². The number of fused-ring (bicyclic) bond motifs is 1. The molecule has 0 fully saturated rings. The minimum Gasteiger partial charge on any atom is -0.300 e. The second-order valence-electron chi connectivity index (χ2n) is 5.51. The number of carbonyl (C=O) groups is 1. The smallest absolute Gasteiger partial charge is 0.133 e. The van der Waals surface area contributed by atoms with E-state index in [0.717, 1.165) is 25.7 Å². The van der Waals surface area contributed by atoms with Gasteiger partial charge in [0.2, 0.25) is 0 Å². The van der Waals surface area contributed by atoms with Gasteiger partial charge in [-0.2, -0.15) is 0 Å². The fourth-order valence-electron chi connectivity index (χ4n) is 2.85. The molecule has 0 amide bonds. The third kappa shape index (κ3) is 3.44. The minimum atomic E-state index is 0.464. The summed E-state index contributed by atoms with van der Waals surface area (Å²) in [6, 6.07) is 8.53. The maximum atomic E-state index is 11.9. The number of hydrogen-bond acceptors (Lipinski definition) is 1. The fourth-order valence-corrected chi connectivity index (χ4v) is 2.85. The molecule has 1 heteroatoms. The SMILES string of the molecule is CCCCCCCC(=O)CC1Cc2ccccc21. The van der Waals surface area contributed by atoms with E-state index in [9.17, 15) is 4.79 Å². The van der Waals surface area contributed by atoms with Gasteiger partial charge in [-0.15, -0.1) is 0 Å². The molecular weight excluding hydrogens is 220 g/mol. The molecule has 18 heavy (non-hydrogen) atoms. The lowest BCUT2D eigenvalue weighted by molar-refractivity contribution is -0.119. The van der Waals surface area contributed by atoms with Crippen LogP contribution in [0, 0.1) is 0 Å². The molecule has 0 aromatic heterocycles. The first-order valence-corrected chi connectivity index (χ1v) is 7.40. The van der Waals surface area contributed by atoms with Crippen LogP contribution in [0.2, 0.25) is 0 Å². The summed E-state index contributed by atoms with van der Waals surface area (Å²) in [6.07, 6.45) is 8.85. The maximum absolute atomic E-state index is 11.9. The van der Waals surface area contributed by atoms with Crippen molar-refractivity contribution < 1.29 is 4.79 Å². The fraction of sp³-hybridized carbons (Fsp3) is 0.588. The van der Waals surface area contributed by atoms with E-state index in [4.69, 9.17) is 0 Å². The number of carbonyl (C=O) groups excluding carboxylic acids is 1. The summed E-state index contributed by atoms with van der Waals surface area (Å²) < 4.78 is 0. The van der Waals surface area contributed by atoms with Crippen LogP contribution in [-0.4, -0.2) is 5.78 Å². The summed E-state index contributed by atoms with van der Waals surface area (Å²) in [4.78, 5) is 11.9. The largest absolute Gasteiger partial charge is 0.300 e. The summed E-state index contributed by atoms with van der Waals surface area (Å²) in [6.45, 7) is 2.22. The summed E-state index contributed by atoms with van der Waals surface area (Å²) >= 11 is 0. The zero-order valence-corrected chi connectivity index (χ0v) is 11.5. The lowest BCUT2D eigenvalue weighted by Crippen LogP contribution is -2.19. The van der Waals surface area contributed by atoms with Crippen molar-refractivity contribution in [1.29, 1.82) is 0 Å². The number of hydrogen-bond donors (Lipinski definition) is 0. The number of benzene rings is 1. The number of unbranched alkanes of at least 4 members (excludes halogenated alkanes) is 4. The van der Waals surface area contributed by atoms with Crippen LogP contribution >= 0.6 is 0 Å². The first kappa shape index (κ1) is 13.3. The zero-order valence-electron chi connectivity index (χ0n) is 11.5. The van der Waals surface area contributed by atoms with E-state index in [0.29, 0.717) is 11.7 Å². The summed E-state index contributed by atoms with van der Waals surface area (Å²) in [5.41, 5.74) is 2.86. The van der Waals surface area contributed by atoms with Crippen molar-refractivity contribution in [3.05, 3.63) is 35.4 Å². The summed E-state index contributed by atoms with van der Waals surface area (Å²) in [5, 5.41) is 0. The quantitative estimate of drug-likeness (QED) is 0.608. The first-order valence-electron chi connectivity index (χ1n) is 7.40. The Morgan fingerprint density at radius 3 is 2.72 bits per heavy atom. The highest BCUT2D eigenvalue weighted by molar-refractivity contribution is 5.79. The molecule has 1 aromatic rings. The molecule has 1 atom stereocenters. The Morgan fingerprint density at radius 1 is 1.17 bits per heavy atom. The van der Waals surface area contributed by atoms with Gasteiger partial charge in [0.1, 0.15) is 5.78 Å². The molecule has 0 aliphatic heterocycles. The second-order valence-corrected chi connectivity index (χ2v) is 5.51. The maximum Gasteiger partial charge on any atom is 0.133 e. The van der Waals surface area contributed by atoms with Crippen molar-refractivity contribution in [2.45, 2.75) is 64.2 Å². The van der Waals surface area contributed by atoms with Gasteiger partial charge in [-0.3, -0.25) is 4.79 Å². The summed E-state index contributed by atoms with van der Waals surface area (Å²) in [5.74, 6) is 0.982. The predicted molar refractivity (Wildman–Crippen MR) is 75.9 cm³/mol. The molecule has 0 saturated heterocycles. The van der Waals surface area contributed by atoms with Gasteiger partial charge in [-0.25, -0.2) is 0 Å². The Hall–Kier alpha value is -1.11. The van der Waals surface area contributed by atoms with Gasteiger partial charge < -0.3 is 0 Å². The van der Waals surface area contributed by atoms with Gasteiger partial charge >= 0.3 is 0 Å². The average Bonchev–Trinajstić information content (AvgIpc) is 2.36. The van der Waals surface area contributed by atoms with Gasteiger partial charge in [-0.1, -0.05) is 56.9 Å². The van der Waals surface area contributed by atoms with Gasteiger partial charge in [0, 0.05) is 12.8 Å². The highest BCUT2D eigenvalue weighted by Crippen LogP contribution is 2.37. The van der Waals surface area contributed by atoms with E-state index in [-0.39, 0.29) is 0 Å². The highest BCUT2D eigenvalue weighted by Gasteiger charge is 2.26. The van der Waals surface area contributed by atoms with Gasteiger partial charge in [0.05, 0.1) is 0 Å². The van der Waals surface area contributed by atoms with Crippen LogP contribution in [0.15, 0.2) is 24.3 Å². The number of ketones is 1. The van der Waals surface area contributed by atoms with Crippen LogP contribution in [0.1, 0.15) is 68.9 Å². The lowest BCUT2D eigenvalue weighted by Gasteiger charge is -2.29. The molecule has 1 unspecified atom stereocenters. The van der Waals surface area contributed by atoms with Crippen molar-refractivity contribution in [3.63, 3.8) is 0 Å². The van der Waals surface area contributed by atoms with Crippen molar-refractivity contribution in [3.8, 4) is 0 Å². The molecule has 1 nitrogen and oxygen atoms in total. The van der Waals surface area contributed by atoms with Crippen LogP contribution in [-0.2, 0) is 11.2 Å². The van der Waals surface area contributed by atoms with E-state index in [2.05, 4.69) is 31.2 Å². The van der Waals surface area contributed by atoms with Crippen LogP contribution in [0.25, 0.3) is 0 Å². The first-order chi connectivity index (χ1) is 8.81. The molecule has 0 spiro atoms. The standard InChI is InChI=1S/C17H24O/c1-2-3-4-5-6-10-16(18)13-15-12-14-9-7-8-11-17(14)15/h7-9,11,15H,2-6,10,12-13H2,1H3. The Morgan fingerprint density at radius 2 is 1.94 bits per heavy atom. The Labute approximate surface area is 111 Å². The van der Waals surface area contributed by atoms with E-state index in [1.54, 1.807) is 0 Å². The molecule has 1 aliphatic carbocycles. The van der Waals surface area contributed by atoms with Gasteiger partial charge in [-0.05, 0) is 29.9 Å². The molecule has 0 bridgehead atoms. The van der Waals surface area contributed by atoms with E-state index in [1.807, 2.05) is 0 Å². The minimum absolute atomic E-state index is 0.464. The van der Waals surface area contributed by atoms with Crippen LogP contribution in [0.5, 0.6) is 0 Å². The molecule has 0 N–H and O–H groups in total. The molecule has 1 aromatic carbocycles. The predicted octanol–water partition coefficient (Wildman–Crippen LogP) is 4.65. The Kier molecular flexibility index (Phi) is 4.98. The number of Topliss-reactive ketones (excluding diaryl/α,β-unsaturated/α-hetero) is 1. The third-order valence-corrected chi connectivity index (χ3v) is 3.99. The molecular formula is C17H24O. The lowest BCUT2D eigenvalue weighted by atomic mass is 9.75. The van der Waals surface area contributed by atoms with Crippen molar-refractivity contribution >= 4 is 5.78 Å². The van der Waals surface area contributed by atoms with Crippen molar-refractivity contribution in [2.24, 2.45) is 0 Å². The summed E-state index contributed by atoms with van der Waals surface area (Å²) in [7, 11) is 0. The van der Waals surface area contributed by atoms with Gasteiger partial charge in [0.15, 0.2) is 0 Å². The normalized spacial score (nSPS) is 17.1. The van der Waals surface area contributed by atoms with Crippen LogP contribution in [0.3, 0.4) is 0 Å². The Balaban J connectivity index is 1.64. The monoisotopic (exact) mass is 244 g/mol. The van der Waals surface area contributed by atoms with Crippen molar-refractivity contribution in [2.75, 3.05) is 0 Å². The van der Waals surface area contributed by atoms with Crippen molar-refractivity contribution in [1.82, 2.24) is 0 Å². The van der Waals surface area contributed by atoms with Crippen LogP contribution in [0.4, 0.5) is 0 Å². The molecule has 1 aliphatic rings. The molecule has 98 valence electrons. The topological polar surface area (TPSA) is 17.1 Å². The molecule has 0 radical (unpaired) electrons. The average molecular weight is 244 g/mol. The highest BCUT2D eigenvalue weighted by atomic mass is 16.1. The van der Waals surface area contributed by atoms with E-state index in [1.165, 1.54) is 36.8 Å².